The van der Waals surface area contributed by atoms with Crippen LogP contribution in [0.15, 0.2) is 41.3 Å². The van der Waals surface area contributed by atoms with Gasteiger partial charge in [-0.3, -0.25) is 4.79 Å². The molecule has 3 N–H and O–H groups in total. The Balaban J connectivity index is 1.60. The van der Waals surface area contributed by atoms with Crippen molar-refractivity contribution in [2.75, 3.05) is 38.2 Å². The highest BCUT2D eigenvalue weighted by atomic mass is 35.5. The van der Waals surface area contributed by atoms with Gasteiger partial charge in [0.1, 0.15) is 5.02 Å². The third-order valence-corrected chi connectivity index (χ3v) is 4.89. The van der Waals surface area contributed by atoms with Gasteiger partial charge in [0, 0.05) is 39.1 Å². The summed E-state index contributed by atoms with van der Waals surface area (Å²) < 4.78 is 12.6. The lowest BCUT2D eigenvalue weighted by atomic mass is 9.94. The van der Waals surface area contributed by atoms with Crippen LogP contribution in [0.25, 0.3) is 5.69 Å². The van der Waals surface area contributed by atoms with Gasteiger partial charge >= 0.3 is 0 Å². The second-order valence-electron chi connectivity index (χ2n) is 6.20. The maximum Gasteiger partial charge on any atom is 0.292 e. The predicted molar refractivity (Wildman–Crippen MR) is 101 cm³/mol. The van der Waals surface area contributed by atoms with Crippen molar-refractivity contribution in [1.82, 2.24) is 9.78 Å². The van der Waals surface area contributed by atoms with Gasteiger partial charge in [0.25, 0.3) is 5.56 Å². The average molecular weight is 379 g/mol. The fourth-order valence-electron chi connectivity index (χ4n) is 2.91. The van der Waals surface area contributed by atoms with E-state index >= 15 is 0 Å². The van der Waals surface area contributed by atoms with E-state index in [0.29, 0.717) is 44.3 Å². The second-order valence-corrected chi connectivity index (χ2v) is 6.58. The molecule has 1 fully saturated rings. The summed E-state index contributed by atoms with van der Waals surface area (Å²) in [5.74, 6) is 0. The molecule has 26 heavy (non-hydrogen) atoms. The van der Waals surface area contributed by atoms with Gasteiger partial charge in [0.05, 0.1) is 29.8 Å². The molecular formula is C18H23ClN4O3. The van der Waals surface area contributed by atoms with Crippen LogP contribution >= 0.6 is 11.6 Å². The Morgan fingerprint density at radius 2 is 2.04 bits per heavy atom. The number of para-hydroxylation sites is 1. The number of halogens is 1. The summed E-state index contributed by atoms with van der Waals surface area (Å²) in [5.41, 5.74) is 6.33. The number of ether oxygens (including phenoxy) is 2. The number of benzene rings is 1. The van der Waals surface area contributed by atoms with E-state index in [2.05, 4.69) is 10.4 Å². The molecule has 140 valence electrons. The minimum atomic E-state index is -0.369. The highest BCUT2D eigenvalue weighted by Gasteiger charge is 2.31. The number of anilines is 1. The standard InChI is InChI=1S/C18H23ClN4O3/c19-16-15(12-22-23(17(16)24)14-4-2-1-3-5-14)21-8-11-26-18(13-20)6-9-25-10-7-18/h1-5,12,21H,6-11,13,20H2. The molecule has 0 amide bonds. The molecule has 1 saturated heterocycles. The van der Waals surface area contributed by atoms with Crippen molar-refractivity contribution in [3.05, 3.63) is 51.9 Å². The third kappa shape index (κ3) is 4.24. The molecule has 0 unspecified atom stereocenters. The summed E-state index contributed by atoms with van der Waals surface area (Å²) >= 11 is 6.22. The zero-order valence-corrected chi connectivity index (χ0v) is 15.2. The molecule has 0 saturated carbocycles. The van der Waals surface area contributed by atoms with Gasteiger partial charge in [0.2, 0.25) is 0 Å². The third-order valence-electron chi connectivity index (χ3n) is 4.52. The Morgan fingerprint density at radius 1 is 1.31 bits per heavy atom. The highest BCUT2D eigenvalue weighted by Crippen LogP contribution is 2.24. The summed E-state index contributed by atoms with van der Waals surface area (Å²) in [6.07, 6.45) is 3.13. The van der Waals surface area contributed by atoms with Gasteiger partial charge in [-0.2, -0.15) is 9.78 Å². The minimum Gasteiger partial charge on any atom is -0.381 e. The molecule has 1 aromatic heterocycles. The Bertz CT molecular complexity index is 776. The van der Waals surface area contributed by atoms with Crippen molar-refractivity contribution in [3.63, 3.8) is 0 Å². The minimum absolute atomic E-state index is 0.100. The molecule has 2 heterocycles. The quantitative estimate of drug-likeness (QED) is 0.714. The van der Waals surface area contributed by atoms with E-state index < -0.39 is 0 Å². The summed E-state index contributed by atoms with van der Waals surface area (Å²) in [6.45, 7) is 2.75. The normalized spacial score (nSPS) is 16.4. The van der Waals surface area contributed by atoms with Crippen molar-refractivity contribution in [3.8, 4) is 5.69 Å². The highest BCUT2D eigenvalue weighted by molar-refractivity contribution is 6.32. The molecule has 1 aliphatic rings. The average Bonchev–Trinajstić information content (AvgIpc) is 2.70. The van der Waals surface area contributed by atoms with Crippen LogP contribution in [0.1, 0.15) is 12.8 Å². The lowest BCUT2D eigenvalue weighted by Crippen LogP contribution is -2.46. The number of rotatable bonds is 7. The number of nitrogens with one attached hydrogen (secondary N) is 1. The number of aromatic nitrogens is 2. The lowest BCUT2D eigenvalue weighted by Gasteiger charge is -2.36. The Kier molecular flexibility index (Phi) is 6.26. The van der Waals surface area contributed by atoms with Crippen molar-refractivity contribution < 1.29 is 9.47 Å². The maximum atomic E-state index is 12.4. The van der Waals surface area contributed by atoms with Crippen LogP contribution in [-0.2, 0) is 9.47 Å². The molecule has 0 aliphatic carbocycles. The Morgan fingerprint density at radius 3 is 2.73 bits per heavy atom. The van der Waals surface area contributed by atoms with E-state index in [4.69, 9.17) is 26.8 Å². The van der Waals surface area contributed by atoms with Crippen LogP contribution in [0, 0.1) is 0 Å². The van der Waals surface area contributed by atoms with Gasteiger partial charge in [-0.05, 0) is 12.1 Å². The number of nitrogens with two attached hydrogens (primary N) is 1. The van der Waals surface area contributed by atoms with Gasteiger partial charge in [-0.1, -0.05) is 29.8 Å². The molecule has 0 spiro atoms. The van der Waals surface area contributed by atoms with Gasteiger partial charge < -0.3 is 20.5 Å². The van der Waals surface area contributed by atoms with Crippen LogP contribution in [0.2, 0.25) is 5.02 Å². The van der Waals surface area contributed by atoms with E-state index in [1.807, 2.05) is 18.2 Å². The molecule has 1 aromatic carbocycles. The van der Waals surface area contributed by atoms with Gasteiger partial charge in [0.15, 0.2) is 0 Å². The molecular weight excluding hydrogens is 356 g/mol. The van der Waals surface area contributed by atoms with E-state index in [0.717, 1.165) is 12.8 Å². The Hall–Kier alpha value is -1.93. The van der Waals surface area contributed by atoms with E-state index in [1.54, 1.807) is 18.3 Å². The summed E-state index contributed by atoms with van der Waals surface area (Å²) in [5, 5.41) is 7.40. The van der Waals surface area contributed by atoms with E-state index in [-0.39, 0.29) is 16.2 Å². The number of hydrogen-bond acceptors (Lipinski definition) is 6. The van der Waals surface area contributed by atoms with Crippen molar-refractivity contribution in [2.45, 2.75) is 18.4 Å². The SMILES string of the molecule is NCC1(OCCNc2cnn(-c3ccccc3)c(=O)c2Cl)CCOCC1. The van der Waals surface area contributed by atoms with Gasteiger partial charge in [-0.25, -0.2) is 0 Å². The first-order valence-corrected chi connectivity index (χ1v) is 9.02. The molecule has 2 aromatic rings. The largest absolute Gasteiger partial charge is 0.381 e. The molecule has 0 bridgehead atoms. The van der Waals surface area contributed by atoms with Crippen LogP contribution in [0.3, 0.4) is 0 Å². The monoisotopic (exact) mass is 378 g/mol. The molecule has 7 nitrogen and oxygen atoms in total. The predicted octanol–water partition coefficient (Wildman–Crippen LogP) is 1.82. The lowest BCUT2D eigenvalue weighted by molar-refractivity contribution is -0.101. The van der Waals surface area contributed by atoms with Crippen LogP contribution < -0.4 is 16.6 Å². The van der Waals surface area contributed by atoms with Crippen LogP contribution in [0.4, 0.5) is 5.69 Å². The maximum absolute atomic E-state index is 12.4. The molecule has 3 rings (SSSR count). The number of nitrogens with zero attached hydrogens (tertiary/aromatic N) is 2. The fourth-order valence-corrected chi connectivity index (χ4v) is 3.11. The van der Waals surface area contributed by atoms with E-state index in [9.17, 15) is 4.79 Å². The first kappa shape index (κ1) is 18.8. The topological polar surface area (TPSA) is 91.4 Å². The fraction of sp³-hybridized carbons (Fsp3) is 0.444. The summed E-state index contributed by atoms with van der Waals surface area (Å²) in [6, 6.07) is 9.14. The van der Waals surface area contributed by atoms with Crippen LogP contribution in [-0.4, -0.2) is 48.3 Å². The molecule has 0 atom stereocenters. The van der Waals surface area contributed by atoms with Crippen molar-refractivity contribution in [2.24, 2.45) is 5.73 Å². The first-order chi connectivity index (χ1) is 12.7. The summed E-state index contributed by atoms with van der Waals surface area (Å²) in [7, 11) is 0. The van der Waals surface area contributed by atoms with Crippen molar-refractivity contribution >= 4 is 17.3 Å². The summed E-state index contributed by atoms with van der Waals surface area (Å²) in [4.78, 5) is 12.4. The molecule has 1 aliphatic heterocycles. The van der Waals surface area contributed by atoms with Crippen LogP contribution in [0.5, 0.6) is 0 Å². The molecule has 8 heteroatoms. The Labute approximate surface area is 157 Å². The smallest absolute Gasteiger partial charge is 0.292 e. The number of hydrogen-bond donors (Lipinski definition) is 2. The zero-order chi connectivity index (χ0) is 18.4. The first-order valence-electron chi connectivity index (χ1n) is 8.64. The molecule has 0 radical (unpaired) electrons. The van der Waals surface area contributed by atoms with E-state index in [1.165, 1.54) is 4.68 Å². The second kappa shape index (κ2) is 8.64. The van der Waals surface area contributed by atoms with Gasteiger partial charge in [-0.15, -0.1) is 0 Å². The van der Waals surface area contributed by atoms with Crippen molar-refractivity contribution in [1.29, 1.82) is 0 Å². The zero-order valence-electron chi connectivity index (χ0n) is 14.5.